The maximum absolute atomic E-state index is 11.8. The topological polar surface area (TPSA) is 50.7 Å². The standard InChI is InChI=1S/C18H19BrN2O2/c1-12-4-6-15(14(3)8-12)10-20-21-18(22)11-23-17-7-5-13(2)9-16(17)19/h4-10H,11H2,1-3H3,(H,21,22)/b20-10+. The van der Waals surface area contributed by atoms with Gasteiger partial charge in [0, 0.05) is 0 Å². The van der Waals surface area contributed by atoms with Crippen molar-refractivity contribution in [2.75, 3.05) is 6.61 Å². The van der Waals surface area contributed by atoms with Gasteiger partial charge in [-0.3, -0.25) is 4.79 Å². The van der Waals surface area contributed by atoms with Gasteiger partial charge in [0.05, 0.1) is 10.7 Å². The number of ether oxygens (including phenoxy) is 1. The molecule has 0 atom stereocenters. The Bertz CT molecular complexity index is 742. The molecule has 2 aromatic rings. The molecule has 120 valence electrons. The van der Waals surface area contributed by atoms with Crippen molar-refractivity contribution in [3.63, 3.8) is 0 Å². The second kappa shape index (κ2) is 7.92. The van der Waals surface area contributed by atoms with Crippen LogP contribution in [0.4, 0.5) is 0 Å². The number of hydrogen-bond acceptors (Lipinski definition) is 3. The summed E-state index contributed by atoms with van der Waals surface area (Å²) in [6, 6.07) is 11.7. The maximum Gasteiger partial charge on any atom is 0.277 e. The van der Waals surface area contributed by atoms with Gasteiger partial charge < -0.3 is 4.74 Å². The van der Waals surface area contributed by atoms with Gasteiger partial charge in [-0.1, -0.05) is 29.8 Å². The normalized spacial score (nSPS) is 10.8. The predicted molar refractivity (Wildman–Crippen MR) is 96.0 cm³/mol. The van der Waals surface area contributed by atoms with Crippen molar-refractivity contribution >= 4 is 28.1 Å². The number of hydrogen-bond donors (Lipinski definition) is 1. The number of rotatable bonds is 5. The van der Waals surface area contributed by atoms with E-state index in [-0.39, 0.29) is 12.5 Å². The Morgan fingerprint density at radius 2 is 1.87 bits per heavy atom. The van der Waals surface area contributed by atoms with Crippen LogP contribution in [0.2, 0.25) is 0 Å². The van der Waals surface area contributed by atoms with Crippen LogP contribution >= 0.6 is 15.9 Å². The fourth-order valence-electron chi connectivity index (χ4n) is 2.04. The molecule has 2 aromatic carbocycles. The lowest BCUT2D eigenvalue weighted by molar-refractivity contribution is -0.123. The van der Waals surface area contributed by atoms with Gasteiger partial charge in [-0.05, 0) is 65.5 Å². The lowest BCUT2D eigenvalue weighted by Gasteiger charge is -2.07. The summed E-state index contributed by atoms with van der Waals surface area (Å²) in [6.07, 6.45) is 1.63. The van der Waals surface area contributed by atoms with E-state index in [2.05, 4.69) is 32.5 Å². The average molecular weight is 375 g/mol. The SMILES string of the molecule is Cc1ccc(/C=N/NC(=O)COc2ccc(C)cc2Br)c(C)c1. The Hall–Kier alpha value is -2.14. The molecule has 2 rings (SSSR count). The highest BCUT2D eigenvalue weighted by molar-refractivity contribution is 9.10. The number of amides is 1. The number of hydrazone groups is 1. The average Bonchev–Trinajstić information content (AvgIpc) is 2.48. The molecule has 23 heavy (non-hydrogen) atoms. The van der Waals surface area contributed by atoms with Crippen LogP contribution in [0.25, 0.3) is 0 Å². The molecule has 0 radical (unpaired) electrons. The Balaban J connectivity index is 1.86. The first-order valence-corrected chi connectivity index (χ1v) is 8.03. The van der Waals surface area contributed by atoms with Crippen molar-refractivity contribution in [3.05, 3.63) is 63.1 Å². The smallest absolute Gasteiger partial charge is 0.277 e. The molecule has 0 spiro atoms. The summed E-state index contributed by atoms with van der Waals surface area (Å²) >= 11 is 3.41. The van der Waals surface area contributed by atoms with E-state index < -0.39 is 0 Å². The molecule has 0 heterocycles. The molecule has 0 aromatic heterocycles. The summed E-state index contributed by atoms with van der Waals surface area (Å²) < 4.78 is 6.29. The molecule has 0 unspecified atom stereocenters. The number of halogens is 1. The van der Waals surface area contributed by atoms with Crippen LogP contribution in [0.1, 0.15) is 22.3 Å². The van der Waals surface area contributed by atoms with Crippen molar-refractivity contribution in [2.45, 2.75) is 20.8 Å². The zero-order valence-electron chi connectivity index (χ0n) is 13.4. The molecule has 0 aliphatic heterocycles. The minimum Gasteiger partial charge on any atom is -0.483 e. The van der Waals surface area contributed by atoms with E-state index >= 15 is 0 Å². The minimum absolute atomic E-state index is 0.0914. The summed E-state index contributed by atoms with van der Waals surface area (Å²) in [5.74, 6) is 0.322. The van der Waals surface area contributed by atoms with Crippen molar-refractivity contribution in [1.29, 1.82) is 0 Å². The fourth-order valence-corrected chi connectivity index (χ4v) is 2.65. The molecular weight excluding hydrogens is 356 g/mol. The van der Waals surface area contributed by atoms with E-state index in [1.165, 1.54) is 5.56 Å². The number of carbonyl (C=O) groups is 1. The molecule has 1 amide bonds. The van der Waals surface area contributed by atoms with Crippen LogP contribution in [0.15, 0.2) is 46.0 Å². The van der Waals surface area contributed by atoms with Gasteiger partial charge >= 0.3 is 0 Å². The van der Waals surface area contributed by atoms with Crippen LogP contribution in [-0.2, 0) is 4.79 Å². The summed E-state index contributed by atoms with van der Waals surface area (Å²) in [7, 11) is 0. The Morgan fingerprint density at radius 3 is 2.57 bits per heavy atom. The summed E-state index contributed by atoms with van der Waals surface area (Å²) in [4.78, 5) is 11.8. The van der Waals surface area contributed by atoms with Crippen LogP contribution in [-0.4, -0.2) is 18.7 Å². The third-order valence-corrected chi connectivity index (χ3v) is 3.88. The van der Waals surface area contributed by atoms with Gasteiger partial charge in [0.1, 0.15) is 5.75 Å². The minimum atomic E-state index is -0.307. The highest BCUT2D eigenvalue weighted by Crippen LogP contribution is 2.25. The van der Waals surface area contributed by atoms with Gasteiger partial charge in [0.2, 0.25) is 0 Å². The second-order valence-electron chi connectivity index (χ2n) is 5.38. The molecule has 4 nitrogen and oxygen atoms in total. The van der Waals surface area contributed by atoms with E-state index in [0.29, 0.717) is 5.75 Å². The summed E-state index contributed by atoms with van der Waals surface area (Å²) in [5.41, 5.74) is 6.86. The number of aryl methyl sites for hydroxylation is 3. The first-order valence-electron chi connectivity index (χ1n) is 7.24. The predicted octanol–water partition coefficient (Wildman–Crippen LogP) is 3.90. The zero-order chi connectivity index (χ0) is 16.8. The largest absolute Gasteiger partial charge is 0.483 e. The first-order chi connectivity index (χ1) is 11.0. The molecule has 0 aliphatic carbocycles. The van der Waals surface area contributed by atoms with Crippen molar-refractivity contribution in [1.82, 2.24) is 5.43 Å². The molecule has 0 aliphatic rings. The van der Waals surface area contributed by atoms with Gasteiger partial charge in [0.15, 0.2) is 6.61 Å². The van der Waals surface area contributed by atoms with Gasteiger partial charge in [-0.25, -0.2) is 5.43 Å². The molecule has 0 bridgehead atoms. The monoisotopic (exact) mass is 374 g/mol. The highest BCUT2D eigenvalue weighted by Gasteiger charge is 2.05. The first kappa shape index (κ1) is 17.2. The zero-order valence-corrected chi connectivity index (χ0v) is 15.0. The lowest BCUT2D eigenvalue weighted by Crippen LogP contribution is -2.24. The second-order valence-corrected chi connectivity index (χ2v) is 6.23. The number of nitrogens with zero attached hydrogens (tertiary/aromatic N) is 1. The lowest BCUT2D eigenvalue weighted by atomic mass is 10.1. The van der Waals surface area contributed by atoms with Crippen LogP contribution in [0.3, 0.4) is 0 Å². The van der Waals surface area contributed by atoms with E-state index in [1.807, 2.05) is 51.1 Å². The maximum atomic E-state index is 11.8. The third-order valence-electron chi connectivity index (χ3n) is 3.26. The molecule has 5 heteroatoms. The van der Waals surface area contributed by atoms with E-state index in [0.717, 1.165) is 21.2 Å². The fraction of sp³-hybridized carbons (Fsp3) is 0.222. The summed E-state index contributed by atoms with van der Waals surface area (Å²) in [6.45, 7) is 5.94. The van der Waals surface area contributed by atoms with Crippen LogP contribution < -0.4 is 10.2 Å². The highest BCUT2D eigenvalue weighted by atomic mass is 79.9. The summed E-state index contributed by atoms with van der Waals surface area (Å²) in [5, 5.41) is 3.96. The van der Waals surface area contributed by atoms with Gasteiger partial charge in [0.25, 0.3) is 5.91 Å². The van der Waals surface area contributed by atoms with E-state index in [4.69, 9.17) is 4.74 Å². The van der Waals surface area contributed by atoms with Crippen molar-refractivity contribution < 1.29 is 9.53 Å². The Morgan fingerprint density at radius 1 is 1.17 bits per heavy atom. The van der Waals surface area contributed by atoms with Crippen molar-refractivity contribution in [3.8, 4) is 5.75 Å². The van der Waals surface area contributed by atoms with Crippen molar-refractivity contribution in [2.24, 2.45) is 5.10 Å². The van der Waals surface area contributed by atoms with Crippen LogP contribution in [0, 0.1) is 20.8 Å². The molecule has 0 fully saturated rings. The Kier molecular flexibility index (Phi) is 5.93. The molecule has 0 saturated heterocycles. The van der Waals surface area contributed by atoms with E-state index in [1.54, 1.807) is 6.21 Å². The quantitative estimate of drug-likeness (QED) is 0.637. The molecule has 1 N–H and O–H groups in total. The third kappa shape index (κ3) is 5.21. The van der Waals surface area contributed by atoms with Crippen LogP contribution in [0.5, 0.6) is 5.75 Å². The Labute approximate surface area is 144 Å². The molecular formula is C18H19BrN2O2. The van der Waals surface area contributed by atoms with Gasteiger partial charge in [-0.2, -0.15) is 5.10 Å². The number of nitrogens with one attached hydrogen (secondary N) is 1. The molecule has 0 saturated carbocycles. The number of carbonyl (C=O) groups excluding carboxylic acids is 1. The van der Waals surface area contributed by atoms with E-state index in [9.17, 15) is 4.79 Å². The van der Waals surface area contributed by atoms with Gasteiger partial charge in [-0.15, -0.1) is 0 Å². The number of benzene rings is 2.